The zero-order valence-electron chi connectivity index (χ0n) is 10.6. The van der Waals surface area contributed by atoms with Gasteiger partial charge < -0.3 is 0 Å². The first-order valence-electron chi connectivity index (χ1n) is 5.86. The summed E-state index contributed by atoms with van der Waals surface area (Å²) >= 11 is 5.76. The van der Waals surface area contributed by atoms with Crippen molar-refractivity contribution in [2.45, 2.75) is 18.2 Å². The average molecular weight is 315 g/mol. The molecule has 0 fully saturated rings. The number of anilines is 1. The van der Waals surface area contributed by atoms with Gasteiger partial charge in [-0.3, -0.25) is 4.72 Å². The highest BCUT2D eigenvalue weighted by molar-refractivity contribution is 7.92. The second kappa shape index (κ2) is 5.76. The summed E-state index contributed by atoms with van der Waals surface area (Å²) in [4.78, 5) is 3.95. The van der Waals surface area contributed by atoms with Crippen molar-refractivity contribution in [3.8, 4) is 0 Å². The summed E-state index contributed by atoms with van der Waals surface area (Å²) in [5.41, 5.74) is 0.760. The number of halogens is 2. The standard InChI is InChI=1S/C13H12ClFN2O2S/c1-2-10-4-3-5-13(16-10)17-20(18,19)12-7-6-9(15)8-11(12)14/h3-8H,2H2,1H3,(H,16,17). The second-order valence-corrected chi connectivity index (χ2v) is 6.11. The lowest BCUT2D eigenvalue weighted by Crippen LogP contribution is -2.14. The molecule has 0 spiro atoms. The van der Waals surface area contributed by atoms with E-state index in [0.29, 0.717) is 6.42 Å². The van der Waals surface area contributed by atoms with Crippen LogP contribution in [0.2, 0.25) is 5.02 Å². The third-order valence-electron chi connectivity index (χ3n) is 2.59. The van der Waals surface area contributed by atoms with E-state index in [1.54, 1.807) is 12.1 Å². The molecule has 7 heteroatoms. The number of benzene rings is 1. The van der Waals surface area contributed by atoms with Crippen molar-refractivity contribution in [1.29, 1.82) is 0 Å². The zero-order valence-corrected chi connectivity index (χ0v) is 12.2. The molecule has 2 rings (SSSR count). The number of hydrogen-bond donors (Lipinski definition) is 1. The topological polar surface area (TPSA) is 59.1 Å². The van der Waals surface area contributed by atoms with E-state index in [-0.39, 0.29) is 15.7 Å². The fraction of sp³-hybridized carbons (Fsp3) is 0.154. The Kier molecular flexibility index (Phi) is 4.25. The van der Waals surface area contributed by atoms with Crippen molar-refractivity contribution >= 4 is 27.4 Å². The first-order chi connectivity index (χ1) is 9.42. The van der Waals surface area contributed by atoms with Gasteiger partial charge in [0.25, 0.3) is 10.0 Å². The van der Waals surface area contributed by atoms with Gasteiger partial charge in [0.2, 0.25) is 0 Å². The van der Waals surface area contributed by atoms with Gasteiger partial charge in [0.15, 0.2) is 0 Å². The molecule has 0 atom stereocenters. The Morgan fingerprint density at radius 1 is 1.30 bits per heavy atom. The summed E-state index contributed by atoms with van der Waals surface area (Å²) in [5, 5.41) is -0.177. The zero-order chi connectivity index (χ0) is 14.8. The minimum atomic E-state index is -3.90. The molecule has 0 aliphatic heterocycles. The van der Waals surface area contributed by atoms with Crippen LogP contribution in [0.15, 0.2) is 41.3 Å². The van der Waals surface area contributed by atoms with Gasteiger partial charge in [-0.1, -0.05) is 24.6 Å². The molecule has 0 amide bonds. The number of aromatic nitrogens is 1. The minimum Gasteiger partial charge on any atom is -0.263 e. The van der Waals surface area contributed by atoms with E-state index in [2.05, 4.69) is 9.71 Å². The van der Waals surface area contributed by atoms with E-state index in [1.165, 1.54) is 6.07 Å². The van der Waals surface area contributed by atoms with Crippen LogP contribution in [0.25, 0.3) is 0 Å². The summed E-state index contributed by atoms with van der Waals surface area (Å²) in [6, 6.07) is 8.14. The van der Waals surface area contributed by atoms with Gasteiger partial charge in [-0.25, -0.2) is 17.8 Å². The molecule has 0 radical (unpaired) electrons. The highest BCUT2D eigenvalue weighted by Crippen LogP contribution is 2.24. The molecule has 0 saturated heterocycles. The van der Waals surface area contributed by atoms with E-state index < -0.39 is 15.8 Å². The third-order valence-corrected chi connectivity index (χ3v) is 4.43. The maximum atomic E-state index is 12.9. The maximum absolute atomic E-state index is 12.9. The lowest BCUT2D eigenvalue weighted by molar-refractivity contribution is 0.599. The van der Waals surface area contributed by atoms with Crippen molar-refractivity contribution in [2.24, 2.45) is 0 Å². The number of nitrogens with zero attached hydrogens (tertiary/aromatic N) is 1. The van der Waals surface area contributed by atoms with Crippen LogP contribution >= 0.6 is 11.6 Å². The molecule has 1 heterocycles. The third kappa shape index (κ3) is 3.26. The van der Waals surface area contributed by atoms with Crippen molar-refractivity contribution < 1.29 is 12.8 Å². The molecule has 0 aliphatic rings. The van der Waals surface area contributed by atoms with Crippen LogP contribution in [-0.4, -0.2) is 13.4 Å². The van der Waals surface area contributed by atoms with E-state index in [4.69, 9.17) is 11.6 Å². The SMILES string of the molecule is CCc1cccc(NS(=O)(=O)c2ccc(F)cc2Cl)n1. The fourth-order valence-corrected chi connectivity index (χ4v) is 3.15. The van der Waals surface area contributed by atoms with E-state index in [1.807, 2.05) is 6.92 Å². The van der Waals surface area contributed by atoms with Crippen LogP contribution in [-0.2, 0) is 16.4 Å². The van der Waals surface area contributed by atoms with Crippen LogP contribution in [0.5, 0.6) is 0 Å². The molecule has 1 aromatic carbocycles. The monoisotopic (exact) mass is 314 g/mol. The molecule has 1 N–H and O–H groups in total. The number of sulfonamides is 1. The normalized spacial score (nSPS) is 11.3. The van der Waals surface area contributed by atoms with Crippen LogP contribution in [0.4, 0.5) is 10.2 Å². The van der Waals surface area contributed by atoms with Crippen molar-refractivity contribution in [3.63, 3.8) is 0 Å². The van der Waals surface area contributed by atoms with Crippen molar-refractivity contribution in [1.82, 2.24) is 4.98 Å². The van der Waals surface area contributed by atoms with Gasteiger partial charge in [-0.2, -0.15) is 0 Å². The Morgan fingerprint density at radius 2 is 2.05 bits per heavy atom. The van der Waals surface area contributed by atoms with Crippen LogP contribution in [0, 0.1) is 5.82 Å². The number of rotatable bonds is 4. The minimum absolute atomic E-state index is 0.177. The van der Waals surface area contributed by atoms with Gasteiger partial charge in [-0.15, -0.1) is 0 Å². The van der Waals surface area contributed by atoms with E-state index >= 15 is 0 Å². The molecule has 2 aromatic rings. The molecule has 0 aliphatic carbocycles. The van der Waals surface area contributed by atoms with Crippen LogP contribution in [0.1, 0.15) is 12.6 Å². The fourth-order valence-electron chi connectivity index (χ4n) is 1.62. The maximum Gasteiger partial charge on any atom is 0.264 e. The van der Waals surface area contributed by atoms with Crippen molar-refractivity contribution in [3.05, 3.63) is 52.9 Å². The van der Waals surface area contributed by atoms with Crippen molar-refractivity contribution in [2.75, 3.05) is 4.72 Å². The van der Waals surface area contributed by atoms with E-state index in [0.717, 1.165) is 23.9 Å². The summed E-state index contributed by atoms with van der Waals surface area (Å²) in [6.45, 7) is 1.91. The summed E-state index contributed by atoms with van der Waals surface area (Å²) in [5.74, 6) is -0.398. The average Bonchev–Trinajstić information content (AvgIpc) is 2.37. The molecular formula is C13H12ClFN2O2S. The molecule has 0 unspecified atom stereocenters. The molecule has 1 aromatic heterocycles. The molecule has 20 heavy (non-hydrogen) atoms. The van der Waals surface area contributed by atoms with E-state index in [9.17, 15) is 12.8 Å². The smallest absolute Gasteiger partial charge is 0.263 e. The lowest BCUT2D eigenvalue weighted by atomic mass is 10.3. The lowest BCUT2D eigenvalue weighted by Gasteiger charge is -2.09. The highest BCUT2D eigenvalue weighted by Gasteiger charge is 2.19. The first-order valence-corrected chi connectivity index (χ1v) is 7.72. The van der Waals surface area contributed by atoms with Crippen LogP contribution in [0.3, 0.4) is 0 Å². The quantitative estimate of drug-likeness (QED) is 0.942. The molecule has 0 bridgehead atoms. The largest absolute Gasteiger partial charge is 0.264 e. The molecule has 106 valence electrons. The Bertz CT molecular complexity index is 735. The Balaban J connectivity index is 2.35. The summed E-state index contributed by atoms with van der Waals surface area (Å²) in [6.07, 6.45) is 0.687. The molecular weight excluding hydrogens is 303 g/mol. The summed E-state index contributed by atoms with van der Waals surface area (Å²) < 4.78 is 39.6. The van der Waals surface area contributed by atoms with Gasteiger partial charge in [0.1, 0.15) is 16.5 Å². The number of aryl methyl sites for hydroxylation is 1. The Morgan fingerprint density at radius 3 is 2.70 bits per heavy atom. The Hall–Kier alpha value is -1.66. The number of nitrogens with one attached hydrogen (secondary N) is 1. The van der Waals surface area contributed by atoms with Crippen LogP contribution < -0.4 is 4.72 Å². The first kappa shape index (κ1) is 14.7. The Labute approximate surface area is 121 Å². The number of hydrogen-bond acceptors (Lipinski definition) is 3. The van der Waals surface area contributed by atoms with Gasteiger partial charge in [-0.05, 0) is 36.8 Å². The van der Waals surface area contributed by atoms with Gasteiger partial charge in [0.05, 0.1) is 5.02 Å². The summed E-state index contributed by atoms with van der Waals surface area (Å²) in [7, 11) is -3.90. The number of pyridine rings is 1. The predicted molar refractivity (Wildman–Crippen MR) is 75.8 cm³/mol. The molecule has 0 saturated carbocycles. The molecule has 4 nitrogen and oxygen atoms in total. The van der Waals surface area contributed by atoms with Gasteiger partial charge in [0, 0.05) is 5.69 Å². The van der Waals surface area contributed by atoms with Gasteiger partial charge >= 0.3 is 0 Å². The second-order valence-electron chi connectivity index (χ2n) is 4.05. The highest BCUT2D eigenvalue weighted by atomic mass is 35.5. The predicted octanol–water partition coefficient (Wildman–Crippen LogP) is 3.24.